The fourth-order valence-corrected chi connectivity index (χ4v) is 3.94. The van der Waals surface area contributed by atoms with E-state index in [-0.39, 0.29) is 5.56 Å². The quantitative estimate of drug-likeness (QED) is 0.313. The number of nitrogens with zero attached hydrogens (tertiary/aromatic N) is 7. The topological polar surface area (TPSA) is 92.1 Å². The van der Waals surface area contributed by atoms with E-state index in [1.165, 1.54) is 6.33 Å². The van der Waals surface area contributed by atoms with Crippen molar-refractivity contribution in [1.82, 2.24) is 33.9 Å². The molecule has 0 bridgehead atoms. The molecule has 146 valence electrons. The van der Waals surface area contributed by atoms with Gasteiger partial charge in [-0.15, -0.1) is 10.2 Å². The average molecular weight is 399 g/mol. The first-order chi connectivity index (χ1) is 13.8. The maximum atomic E-state index is 13.0. The maximum absolute atomic E-state index is 13.0. The van der Waals surface area contributed by atoms with Crippen molar-refractivity contribution in [3.05, 3.63) is 47.3 Å². The zero-order valence-electron chi connectivity index (χ0n) is 15.6. The highest BCUT2D eigenvalue weighted by Crippen LogP contribution is 2.21. The van der Waals surface area contributed by atoms with E-state index in [1.54, 1.807) is 27.3 Å². The molecule has 0 aliphatic heterocycles. The van der Waals surface area contributed by atoms with Gasteiger partial charge in [-0.3, -0.25) is 18.4 Å². The minimum Gasteiger partial charge on any atom is -0.382 e. The Morgan fingerprint density at radius 1 is 1.18 bits per heavy atom. The van der Waals surface area contributed by atoms with Crippen molar-refractivity contribution in [2.75, 3.05) is 19.0 Å². The van der Waals surface area contributed by atoms with Crippen LogP contribution in [0.2, 0.25) is 0 Å². The number of thioether (sulfide) groups is 1. The Labute approximate surface area is 165 Å². The third-order valence-electron chi connectivity index (χ3n) is 4.37. The Hall–Kier alpha value is -2.72. The van der Waals surface area contributed by atoms with E-state index in [0.717, 1.165) is 22.8 Å². The van der Waals surface area contributed by atoms with Gasteiger partial charge in [-0.2, -0.15) is 5.10 Å². The van der Waals surface area contributed by atoms with E-state index in [9.17, 15) is 4.79 Å². The van der Waals surface area contributed by atoms with Gasteiger partial charge >= 0.3 is 0 Å². The number of benzene rings is 1. The van der Waals surface area contributed by atoms with Gasteiger partial charge in [-0.25, -0.2) is 4.98 Å². The minimum absolute atomic E-state index is 0.0498. The molecule has 0 fully saturated rings. The average Bonchev–Trinajstić information content (AvgIpc) is 3.38. The summed E-state index contributed by atoms with van der Waals surface area (Å²) < 4.78 is 10.8. The maximum Gasteiger partial charge on any atom is 0.262 e. The van der Waals surface area contributed by atoms with E-state index < -0.39 is 0 Å². The smallest absolute Gasteiger partial charge is 0.262 e. The molecule has 0 N–H and O–H groups in total. The number of ether oxygens (including phenoxy) is 1. The van der Waals surface area contributed by atoms with Crippen LogP contribution in [-0.4, -0.2) is 52.9 Å². The van der Waals surface area contributed by atoms with Crippen molar-refractivity contribution in [3.8, 4) is 0 Å². The third kappa shape index (κ3) is 3.65. The molecule has 10 heteroatoms. The molecule has 0 saturated heterocycles. The van der Waals surface area contributed by atoms with Crippen LogP contribution in [0.15, 0.2) is 46.9 Å². The first-order valence-electron chi connectivity index (χ1n) is 9.19. The van der Waals surface area contributed by atoms with E-state index in [2.05, 4.69) is 20.3 Å². The van der Waals surface area contributed by atoms with Crippen molar-refractivity contribution >= 4 is 28.4 Å². The van der Waals surface area contributed by atoms with Gasteiger partial charge in [-0.1, -0.05) is 23.9 Å². The molecule has 1 aromatic carbocycles. The SMILES string of the molecule is CCOCCCn1c(=O)c2ccccc2n2c(SCCn3cncn3)nnc12. The molecule has 0 unspecified atom stereocenters. The van der Waals surface area contributed by atoms with Crippen LogP contribution in [-0.2, 0) is 17.8 Å². The second-order valence-corrected chi connectivity index (χ2v) is 7.21. The van der Waals surface area contributed by atoms with E-state index in [0.29, 0.717) is 37.5 Å². The van der Waals surface area contributed by atoms with Crippen LogP contribution in [0.1, 0.15) is 13.3 Å². The number of aryl methyl sites for hydroxylation is 2. The third-order valence-corrected chi connectivity index (χ3v) is 5.28. The summed E-state index contributed by atoms with van der Waals surface area (Å²) in [5.41, 5.74) is 0.767. The summed E-state index contributed by atoms with van der Waals surface area (Å²) in [5.74, 6) is 1.32. The summed E-state index contributed by atoms with van der Waals surface area (Å²) in [6.07, 6.45) is 3.95. The monoisotopic (exact) mass is 399 g/mol. The molecule has 0 atom stereocenters. The molecular formula is C18H21N7O2S. The molecule has 0 amide bonds. The summed E-state index contributed by atoms with van der Waals surface area (Å²) in [7, 11) is 0. The summed E-state index contributed by atoms with van der Waals surface area (Å²) in [5, 5.41) is 14.2. The molecule has 0 aliphatic rings. The van der Waals surface area contributed by atoms with Gasteiger partial charge in [-0.05, 0) is 25.5 Å². The van der Waals surface area contributed by atoms with Crippen LogP contribution < -0.4 is 5.56 Å². The lowest BCUT2D eigenvalue weighted by Crippen LogP contribution is -2.24. The predicted molar refractivity (Wildman–Crippen MR) is 107 cm³/mol. The fourth-order valence-electron chi connectivity index (χ4n) is 3.08. The van der Waals surface area contributed by atoms with Gasteiger partial charge in [0.25, 0.3) is 5.56 Å². The molecule has 4 aromatic rings. The highest BCUT2D eigenvalue weighted by atomic mass is 32.2. The van der Waals surface area contributed by atoms with Crippen LogP contribution in [0, 0.1) is 0 Å². The van der Waals surface area contributed by atoms with Crippen molar-refractivity contribution in [2.24, 2.45) is 0 Å². The van der Waals surface area contributed by atoms with E-state index in [1.807, 2.05) is 35.6 Å². The summed E-state index contributed by atoms with van der Waals surface area (Å²) in [4.78, 5) is 17.0. The first kappa shape index (κ1) is 18.6. The molecule has 4 rings (SSSR count). The predicted octanol–water partition coefficient (Wildman–Crippen LogP) is 1.85. The van der Waals surface area contributed by atoms with Crippen LogP contribution in [0.5, 0.6) is 0 Å². The largest absolute Gasteiger partial charge is 0.382 e. The molecule has 3 heterocycles. The van der Waals surface area contributed by atoms with Crippen molar-refractivity contribution in [3.63, 3.8) is 0 Å². The second kappa shape index (κ2) is 8.53. The van der Waals surface area contributed by atoms with Crippen molar-refractivity contribution < 1.29 is 4.74 Å². The Bertz CT molecular complexity index is 1120. The number of fused-ring (bicyclic) bond motifs is 3. The second-order valence-electron chi connectivity index (χ2n) is 6.15. The fraction of sp³-hybridized carbons (Fsp3) is 0.389. The van der Waals surface area contributed by atoms with Gasteiger partial charge in [0.2, 0.25) is 5.78 Å². The number of rotatable bonds is 9. The van der Waals surface area contributed by atoms with Crippen molar-refractivity contribution in [1.29, 1.82) is 0 Å². The zero-order valence-corrected chi connectivity index (χ0v) is 16.4. The lowest BCUT2D eigenvalue weighted by atomic mass is 10.2. The molecular weight excluding hydrogens is 378 g/mol. The van der Waals surface area contributed by atoms with Crippen molar-refractivity contribution in [2.45, 2.75) is 31.6 Å². The summed E-state index contributed by atoms with van der Waals surface area (Å²) in [6.45, 7) is 4.48. The van der Waals surface area contributed by atoms with Gasteiger partial charge < -0.3 is 4.74 Å². The normalized spacial score (nSPS) is 11.6. The standard InChI is InChI=1S/C18H21N7O2S/c1-2-27-10-5-8-24-16(26)14-6-3-4-7-15(14)25-17(24)21-22-18(25)28-11-9-23-13-19-12-20-23/h3-4,6-7,12-13H,2,5,8-11H2,1H3. The molecule has 9 nitrogen and oxygen atoms in total. The summed E-state index contributed by atoms with van der Waals surface area (Å²) in [6, 6.07) is 7.57. The molecule has 0 aliphatic carbocycles. The lowest BCUT2D eigenvalue weighted by molar-refractivity contribution is 0.141. The van der Waals surface area contributed by atoms with Crippen LogP contribution in [0.4, 0.5) is 0 Å². The lowest BCUT2D eigenvalue weighted by Gasteiger charge is -2.11. The van der Waals surface area contributed by atoms with Gasteiger partial charge in [0, 0.05) is 25.5 Å². The van der Waals surface area contributed by atoms with Gasteiger partial charge in [0.05, 0.1) is 17.4 Å². The van der Waals surface area contributed by atoms with Crippen LogP contribution in [0.3, 0.4) is 0 Å². The Morgan fingerprint density at radius 3 is 2.89 bits per heavy atom. The molecule has 3 aromatic heterocycles. The molecule has 0 saturated carbocycles. The molecule has 0 spiro atoms. The number of hydrogen-bond donors (Lipinski definition) is 0. The number of aromatic nitrogens is 7. The van der Waals surface area contributed by atoms with E-state index >= 15 is 0 Å². The Kier molecular flexibility index (Phi) is 5.68. The number of para-hydroxylation sites is 1. The minimum atomic E-state index is -0.0498. The van der Waals surface area contributed by atoms with Gasteiger partial charge in [0.1, 0.15) is 12.7 Å². The van der Waals surface area contributed by atoms with Crippen LogP contribution in [0.25, 0.3) is 16.7 Å². The van der Waals surface area contributed by atoms with E-state index in [4.69, 9.17) is 4.74 Å². The summed E-state index contributed by atoms with van der Waals surface area (Å²) >= 11 is 1.58. The highest BCUT2D eigenvalue weighted by Gasteiger charge is 2.16. The van der Waals surface area contributed by atoms with Crippen LogP contribution >= 0.6 is 11.8 Å². The molecule has 28 heavy (non-hydrogen) atoms. The molecule has 0 radical (unpaired) electrons. The van der Waals surface area contributed by atoms with Gasteiger partial charge in [0.15, 0.2) is 5.16 Å². The highest BCUT2D eigenvalue weighted by molar-refractivity contribution is 7.99. The first-order valence-corrected chi connectivity index (χ1v) is 10.2. The Balaban J connectivity index is 1.69. The number of hydrogen-bond acceptors (Lipinski definition) is 7. The Morgan fingerprint density at radius 2 is 2.07 bits per heavy atom. The zero-order chi connectivity index (χ0) is 19.3.